The van der Waals surface area contributed by atoms with Gasteiger partial charge in [0.1, 0.15) is 6.73 Å². The van der Waals surface area contributed by atoms with E-state index in [0.717, 1.165) is 0 Å². The molecular weight excluding hydrogens is 118 g/mol. The molecule has 1 fully saturated rings. The third-order valence-electron chi connectivity index (χ3n) is 1.45. The maximum absolute atomic E-state index is 11.0. The van der Waals surface area contributed by atoms with Crippen molar-refractivity contribution < 1.29 is 9.53 Å². The summed E-state index contributed by atoms with van der Waals surface area (Å²) in [7, 11) is 1.75. The minimum absolute atomic E-state index is 0.0451. The van der Waals surface area contributed by atoms with E-state index in [4.69, 9.17) is 4.74 Å². The molecule has 0 radical (unpaired) electrons. The van der Waals surface area contributed by atoms with E-state index < -0.39 is 0 Å². The molecular formula is C6H11NO2. The molecule has 9 heavy (non-hydrogen) atoms. The van der Waals surface area contributed by atoms with Gasteiger partial charge in [0.25, 0.3) is 0 Å². The quantitative estimate of drug-likeness (QED) is 0.463. The number of nitrogens with zero attached hydrogens (tertiary/aromatic N) is 1. The average molecular weight is 129 g/mol. The van der Waals surface area contributed by atoms with Crippen molar-refractivity contribution in [2.24, 2.45) is 5.92 Å². The summed E-state index contributed by atoms with van der Waals surface area (Å²) in [6, 6.07) is 0. The predicted molar refractivity (Wildman–Crippen MR) is 32.8 cm³/mol. The number of ether oxygens (including phenoxy) is 1. The van der Waals surface area contributed by atoms with Gasteiger partial charge in [-0.15, -0.1) is 0 Å². The minimum Gasteiger partial charge on any atom is -0.360 e. The van der Waals surface area contributed by atoms with Gasteiger partial charge >= 0.3 is 0 Å². The highest BCUT2D eigenvalue weighted by atomic mass is 16.5. The monoisotopic (exact) mass is 129 g/mol. The van der Waals surface area contributed by atoms with Crippen LogP contribution in [0.1, 0.15) is 6.92 Å². The lowest BCUT2D eigenvalue weighted by Crippen LogP contribution is -2.40. The highest BCUT2D eigenvalue weighted by Gasteiger charge is 2.21. The van der Waals surface area contributed by atoms with Crippen molar-refractivity contribution in [1.29, 1.82) is 0 Å². The highest BCUT2D eigenvalue weighted by molar-refractivity contribution is 5.78. The maximum Gasteiger partial charge on any atom is 0.229 e. The first-order chi connectivity index (χ1) is 4.22. The van der Waals surface area contributed by atoms with Gasteiger partial charge in [0.2, 0.25) is 5.91 Å². The Labute approximate surface area is 54.6 Å². The Balaban J connectivity index is 2.52. The zero-order chi connectivity index (χ0) is 6.85. The normalized spacial score (nSPS) is 28.9. The van der Waals surface area contributed by atoms with Gasteiger partial charge in [-0.1, -0.05) is 6.92 Å². The lowest BCUT2D eigenvalue weighted by atomic mass is 10.1. The molecule has 0 aromatic rings. The van der Waals surface area contributed by atoms with Gasteiger partial charge in [0, 0.05) is 7.05 Å². The van der Waals surface area contributed by atoms with Crippen molar-refractivity contribution in [3.63, 3.8) is 0 Å². The lowest BCUT2D eigenvalue weighted by Gasteiger charge is -2.26. The zero-order valence-corrected chi connectivity index (χ0v) is 5.76. The second-order valence-corrected chi connectivity index (χ2v) is 2.44. The van der Waals surface area contributed by atoms with E-state index in [1.54, 1.807) is 11.9 Å². The number of rotatable bonds is 0. The molecule has 0 saturated carbocycles. The molecule has 1 saturated heterocycles. The SMILES string of the molecule is C[C@@H]1COCN(C)C1=O. The Hall–Kier alpha value is -0.570. The molecule has 1 aliphatic rings. The Kier molecular flexibility index (Phi) is 1.71. The Morgan fingerprint density at radius 2 is 2.44 bits per heavy atom. The molecule has 0 aliphatic carbocycles. The fourth-order valence-corrected chi connectivity index (χ4v) is 0.878. The van der Waals surface area contributed by atoms with E-state index in [0.29, 0.717) is 13.3 Å². The number of hydrogen-bond donors (Lipinski definition) is 0. The third-order valence-corrected chi connectivity index (χ3v) is 1.45. The van der Waals surface area contributed by atoms with Gasteiger partial charge in [-0.05, 0) is 0 Å². The maximum atomic E-state index is 11.0. The minimum atomic E-state index is 0.0451. The topological polar surface area (TPSA) is 29.5 Å². The molecule has 3 nitrogen and oxygen atoms in total. The molecule has 52 valence electrons. The van der Waals surface area contributed by atoms with Crippen LogP contribution in [0, 0.1) is 5.92 Å². The van der Waals surface area contributed by atoms with Crippen molar-refractivity contribution in [3.8, 4) is 0 Å². The van der Waals surface area contributed by atoms with Crippen molar-refractivity contribution >= 4 is 5.91 Å². The summed E-state index contributed by atoms with van der Waals surface area (Å²) >= 11 is 0. The zero-order valence-electron chi connectivity index (χ0n) is 5.76. The fourth-order valence-electron chi connectivity index (χ4n) is 0.878. The van der Waals surface area contributed by atoms with Crippen LogP contribution in [-0.4, -0.2) is 31.2 Å². The van der Waals surface area contributed by atoms with E-state index in [1.807, 2.05) is 6.92 Å². The fraction of sp³-hybridized carbons (Fsp3) is 0.833. The van der Waals surface area contributed by atoms with Crippen LogP contribution in [0.2, 0.25) is 0 Å². The van der Waals surface area contributed by atoms with Gasteiger partial charge < -0.3 is 9.64 Å². The highest BCUT2D eigenvalue weighted by Crippen LogP contribution is 2.06. The first kappa shape index (κ1) is 6.55. The summed E-state index contributed by atoms with van der Waals surface area (Å²) in [6.45, 7) is 2.89. The van der Waals surface area contributed by atoms with E-state index in [1.165, 1.54) is 0 Å². The second-order valence-electron chi connectivity index (χ2n) is 2.44. The number of carbonyl (C=O) groups excluding carboxylic acids is 1. The van der Waals surface area contributed by atoms with Gasteiger partial charge in [-0.25, -0.2) is 0 Å². The van der Waals surface area contributed by atoms with Crippen LogP contribution in [0.25, 0.3) is 0 Å². The van der Waals surface area contributed by atoms with Crippen LogP contribution in [0.4, 0.5) is 0 Å². The summed E-state index contributed by atoms with van der Waals surface area (Å²) in [5.74, 6) is 0.227. The van der Waals surface area contributed by atoms with Crippen molar-refractivity contribution in [1.82, 2.24) is 4.90 Å². The smallest absolute Gasteiger partial charge is 0.229 e. The largest absolute Gasteiger partial charge is 0.360 e. The summed E-state index contributed by atoms with van der Waals surface area (Å²) < 4.78 is 5.07. The molecule has 0 spiro atoms. The number of carbonyl (C=O) groups is 1. The average Bonchev–Trinajstić information content (AvgIpc) is 1.83. The van der Waals surface area contributed by atoms with Gasteiger partial charge in [-0.2, -0.15) is 0 Å². The summed E-state index contributed by atoms with van der Waals surface area (Å²) in [5.41, 5.74) is 0. The first-order valence-electron chi connectivity index (χ1n) is 3.04. The third kappa shape index (κ3) is 1.21. The molecule has 0 bridgehead atoms. The molecule has 0 aromatic heterocycles. The summed E-state index contributed by atoms with van der Waals surface area (Å²) in [4.78, 5) is 12.6. The van der Waals surface area contributed by atoms with Crippen LogP contribution in [0.3, 0.4) is 0 Å². The molecule has 1 amide bonds. The van der Waals surface area contributed by atoms with Crippen LogP contribution >= 0.6 is 0 Å². The Morgan fingerprint density at radius 3 is 2.89 bits per heavy atom. The van der Waals surface area contributed by atoms with Crippen LogP contribution in [0.15, 0.2) is 0 Å². The summed E-state index contributed by atoms with van der Waals surface area (Å²) in [5, 5.41) is 0. The number of amides is 1. The molecule has 0 unspecified atom stereocenters. The first-order valence-corrected chi connectivity index (χ1v) is 3.04. The second kappa shape index (κ2) is 2.35. The van der Waals surface area contributed by atoms with E-state index >= 15 is 0 Å². The van der Waals surface area contributed by atoms with Crippen molar-refractivity contribution in [2.75, 3.05) is 20.4 Å². The standard InChI is InChI=1S/C6H11NO2/c1-5-3-9-4-7(2)6(5)8/h5H,3-4H2,1-2H3/t5-/m1/s1. The van der Waals surface area contributed by atoms with Gasteiger partial charge in [-0.3, -0.25) is 4.79 Å². The van der Waals surface area contributed by atoms with Crippen LogP contribution in [-0.2, 0) is 9.53 Å². The Morgan fingerprint density at radius 1 is 1.78 bits per heavy atom. The van der Waals surface area contributed by atoms with Crippen molar-refractivity contribution in [2.45, 2.75) is 6.92 Å². The number of hydrogen-bond acceptors (Lipinski definition) is 2. The molecule has 1 atom stereocenters. The molecule has 0 aromatic carbocycles. The van der Waals surface area contributed by atoms with Crippen LogP contribution in [0.5, 0.6) is 0 Å². The van der Waals surface area contributed by atoms with E-state index in [-0.39, 0.29) is 11.8 Å². The van der Waals surface area contributed by atoms with Gasteiger partial charge in [0.05, 0.1) is 12.5 Å². The van der Waals surface area contributed by atoms with E-state index in [2.05, 4.69) is 0 Å². The molecule has 3 heteroatoms. The van der Waals surface area contributed by atoms with Crippen LogP contribution < -0.4 is 0 Å². The molecule has 0 N–H and O–H groups in total. The lowest BCUT2D eigenvalue weighted by molar-refractivity contribution is -0.150. The Bertz CT molecular complexity index is 112. The predicted octanol–water partition coefficient (Wildman–Crippen LogP) is 0.0686. The molecule has 1 aliphatic heterocycles. The molecule has 1 rings (SSSR count). The summed E-state index contributed by atoms with van der Waals surface area (Å²) in [6.07, 6.45) is 0. The molecule has 1 heterocycles. The van der Waals surface area contributed by atoms with E-state index in [9.17, 15) is 4.79 Å². The van der Waals surface area contributed by atoms with Crippen molar-refractivity contribution in [3.05, 3.63) is 0 Å². The van der Waals surface area contributed by atoms with Gasteiger partial charge in [0.15, 0.2) is 0 Å².